The van der Waals surface area contributed by atoms with Crippen LogP contribution in [0.15, 0.2) is 29.1 Å². The van der Waals surface area contributed by atoms with Crippen LogP contribution >= 0.6 is 34.3 Å². The third-order valence-electron chi connectivity index (χ3n) is 4.91. The molecule has 3 aromatic heterocycles. The van der Waals surface area contributed by atoms with Gasteiger partial charge in [-0.15, -0.1) is 22.7 Å². The average molecular weight is 504 g/mol. The van der Waals surface area contributed by atoms with Crippen LogP contribution in [0, 0.1) is 13.8 Å². The van der Waals surface area contributed by atoms with Crippen LogP contribution in [0.5, 0.6) is 0 Å². The number of amides is 3. The van der Waals surface area contributed by atoms with Gasteiger partial charge in [-0.05, 0) is 25.5 Å². The maximum absolute atomic E-state index is 12.4. The van der Waals surface area contributed by atoms with Crippen LogP contribution in [0.1, 0.15) is 25.9 Å². The van der Waals surface area contributed by atoms with Gasteiger partial charge in [-0.25, -0.2) is 4.98 Å². The lowest BCUT2D eigenvalue weighted by Crippen LogP contribution is -2.47. The number of H-pyrrole nitrogens is 1. The van der Waals surface area contributed by atoms with E-state index in [9.17, 15) is 19.2 Å². The van der Waals surface area contributed by atoms with Crippen molar-refractivity contribution in [3.05, 3.63) is 60.8 Å². The standard InChI is InChI=1S/C21H18ClN5O4S2/c1-9-10(2)32-21-16(9)19(30)24-13(25-21)7-14(28)26-27-15(29)8-23-20(31)18-17(22)11-5-3-4-6-12(11)33-18/h3-6H,7-8H2,1-2H3,(H,23,31)(H,26,28)(H,27,29)(H,24,25,30). The molecule has 0 aliphatic carbocycles. The average Bonchev–Trinajstić information content (AvgIpc) is 3.27. The minimum absolute atomic E-state index is 0.188. The molecule has 33 heavy (non-hydrogen) atoms. The van der Waals surface area contributed by atoms with Crippen molar-refractivity contribution in [2.24, 2.45) is 0 Å². The highest BCUT2D eigenvalue weighted by atomic mass is 35.5. The largest absolute Gasteiger partial charge is 0.342 e. The highest BCUT2D eigenvalue weighted by Crippen LogP contribution is 2.34. The first-order valence-corrected chi connectivity index (χ1v) is 11.8. The quantitative estimate of drug-likeness (QED) is 0.311. The number of aromatic amines is 1. The molecule has 4 N–H and O–H groups in total. The molecule has 3 amide bonds. The monoisotopic (exact) mass is 503 g/mol. The number of aromatic nitrogens is 2. The number of benzene rings is 1. The minimum atomic E-state index is -0.629. The summed E-state index contributed by atoms with van der Waals surface area (Å²) in [6.45, 7) is 3.38. The number of nitrogens with one attached hydrogen (secondary N) is 4. The highest BCUT2D eigenvalue weighted by Gasteiger charge is 2.18. The van der Waals surface area contributed by atoms with Crippen molar-refractivity contribution < 1.29 is 14.4 Å². The van der Waals surface area contributed by atoms with Gasteiger partial charge < -0.3 is 10.3 Å². The van der Waals surface area contributed by atoms with Crippen LogP contribution in [0.3, 0.4) is 0 Å². The molecule has 0 atom stereocenters. The van der Waals surface area contributed by atoms with Crippen molar-refractivity contribution in [2.45, 2.75) is 20.3 Å². The Labute approximate surface area is 200 Å². The Morgan fingerprint density at radius 2 is 1.82 bits per heavy atom. The number of fused-ring (bicyclic) bond motifs is 2. The van der Waals surface area contributed by atoms with Gasteiger partial charge in [-0.1, -0.05) is 29.8 Å². The Morgan fingerprint density at radius 1 is 1.09 bits per heavy atom. The van der Waals surface area contributed by atoms with Crippen LogP contribution in [-0.4, -0.2) is 34.2 Å². The third-order valence-corrected chi connectivity index (χ3v) is 7.68. The van der Waals surface area contributed by atoms with Crippen molar-refractivity contribution in [3.8, 4) is 0 Å². The van der Waals surface area contributed by atoms with E-state index >= 15 is 0 Å². The molecule has 1 aromatic carbocycles. The minimum Gasteiger partial charge on any atom is -0.342 e. The van der Waals surface area contributed by atoms with Gasteiger partial charge in [0.15, 0.2) is 0 Å². The Kier molecular flexibility index (Phi) is 6.45. The fourth-order valence-electron chi connectivity index (χ4n) is 3.16. The number of hydrazine groups is 1. The van der Waals surface area contributed by atoms with E-state index in [1.54, 1.807) is 0 Å². The summed E-state index contributed by atoms with van der Waals surface area (Å²) in [7, 11) is 0. The van der Waals surface area contributed by atoms with Crippen molar-refractivity contribution in [1.29, 1.82) is 0 Å². The van der Waals surface area contributed by atoms with Crippen molar-refractivity contribution in [3.63, 3.8) is 0 Å². The van der Waals surface area contributed by atoms with Gasteiger partial charge in [-0.3, -0.25) is 30.0 Å². The van der Waals surface area contributed by atoms with E-state index in [0.717, 1.165) is 20.5 Å². The summed E-state index contributed by atoms with van der Waals surface area (Å²) >= 11 is 8.87. The molecule has 0 aliphatic rings. The number of thiophene rings is 2. The van der Waals surface area contributed by atoms with E-state index in [2.05, 4.69) is 26.1 Å². The second kappa shape index (κ2) is 9.30. The third kappa shape index (κ3) is 4.75. The molecule has 9 nitrogen and oxygen atoms in total. The first-order chi connectivity index (χ1) is 15.7. The number of nitrogens with zero attached hydrogens (tertiary/aromatic N) is 1. The van der Waals surface area contributed by atoms with E-state index in [0.29, 0.717) is 20.1 Å². The second-order valence-electron chi connectivity index (χ2n) is 7.17. The molecule has 12 heteroatoms. The molecule has 0 saturated carbocycles. The maximum atomic E-state index is 12.4. The predicted molar refractivity (Wildman–Crippen MR) is 129 cm³/mol. The fraction of sp³-hybridized carbons (Fsp3) is 0.190. The zero-order chi connectivity index (χ0) is 23.7. The number of aryl methyl sites for hydroxylation is 2. The summed E-state index contributed by atoms with van der Waals surface area (Å²) in [5.41, 5.74) is 5.01. The van der Waals surface area contributed by atoms with E-state index in [-0.39, 0.29) is 24.3 Å². The Balaban J connectivity index is 1.30. The summed E-state index contributed by atoms with van der Waals surface area (Å²) in [4.78, 5) is 57.6. The number of carbonyl (C=O) groups is 3. The van der Waals surface area contributed by atoms with Gasteiger partial charge in [0.2, 0.25) is 5.91 Å². The maximum Gasteiger partial charge on any atom is 0.263 e. The van der Waals surface area contributed by atoms with Crippen molar-refractivity contribution in [1.82, 2.24) is 26.1 Å². The lowest BCUT2D eigenvalue weighted by molar-refractivity contribution is -0.128. The lowest BCUT2D eigenvalue weighted by Gasteiger charge is -2.08. The lowest BCUT2D eigenvalue weighted by atomic mass is 10.2. The Bertz CT molecular complexity index is 1470. The smallest absolute Gasteiger partial charge is 0.263 e. The zero-order valence-electron chi connectivity index (χ0n) is 17.5. The summed E-state index contributed by atoms with van der Waals surface area (Å²) in [5.74, 6) is -1.50. The summed E-state index contributed by atoms with van der Waals surface area (Å²) < 4.78 is 0.863. The van der Waals surface area contributed by atoms with Gasteiger partial charge >= 0.3 is 0 Å². The molecule has 0 saturated heterocycles. The van der Waals surface area contributed by atoms with Crippen molar-refractivity contribution in [2.75, 3.05) is 6.54 Å². The van der Waals surface area contributed by atoms with Gasteiger partial charge in [0.05, 0.1) is 23.4 Å². The highest BCUT2D eigenvalue weighted by molar-refractivity contribution is 7.21. The molecule has 0 spiro atoms. The summed E-state index contributed by atoms with van der Waals surface area (Å²) in [6, 6.07) is 7.34. The number of carbonyl (C=O) groups excluding carboxylic acids is 3. The van der Waals surface area contributed by atoms with E-state index in [1.165, 1.54) is 22.7 Å². The van der Waals surface area contributed by atoms with Gasteiger partial charge in [0, 0.05) is 15.0 Å². The number of halogens is 1. The zero-order valence-corrected chi connectivity index (χ0v) is 19.9. The number of hydrogen-bond donors (Lipinski definition) is 4. The topological polar surface area (TPSA) is 133 Å². The fourth-order valence-corrected chi connectivity index (χ4v) is 5.65. The van der Waals surface area contributed by atoms with E-state index < -0.39 is 17.7 Å². The van der Waals surface area contributed by atoms with Crippen LogP contribution in [0.4, 0.5) is 0 Å². The molecule has 0 fully saturated rings. The van der Waals surface area contributed by atoms with Gasteiger partial charge in [0.25, 0.3) is 17.4 Å². The molecule has 0 radical (unpaired) electrons. The summed E-state index contributed by atoms with van der Waals surface area (Å²) in [5, 5.41) is 4.09. The van der Waals surface area contributed by atoms with Crippen molar-refractivity contribution >= 4 is 72.3 Å². The van der Waals surface area contributed by atoms with E-state index in [1.807, 2.05) is 38.1 Å². The SMILES string of the molecule is Cc1sc2nc(CC(=O)NNC(=O)CNC(=O)c3sc4ccccc4c3Cl)[nH]c(=O)c2c1C. The molecule has 4 rings (SSSR count). The van der Waals surface area contributed by atoms with Crippen LogP contribution in [-0.2, 0) is 16.0 Å². The molecule has 0 aliphatic heterocycles. The normalized spacial score (nSPS) is 11.0. The molecule has 0 bridgehead atoms. The van der Waals surface area contributed by atoms with E-state index in [4.69, 9.17) is 11.6 Å². The Hall–Kier alpha value is -3.28. The van der Waals surface area contributed by atoms with Crippen LogP contribution in [0.2, 0.25) is 5.02 Å². The van der Waals surface area contributed by atoms with Crippen LogP contribution < -0.4 is 21.7 Å². The van der Waals surface area contributed by atoms with Gasteiger partial charge in [0.1, 0.15) is 15.5 Å². The molecule has 4 aromatic rings. The molecular weight excluding hydrogens is 486 g/mol. The number of hydrogen-bond acceptors (Lipinski definition) is 7. The predicted octanol–water partition coefficient (Wildman–Crippen LogP) is 2.59. The molecule has 3 heterocycles. The number of rotatable bonds is 5. The first kappa shape index (κ1) is 22.9. The Morgan fingerprint density at radius 3 is 2.58 bits per heavy atom. The molecular formula is C21H18ClN5O4S2. The summed E-state index contributed by atoms with van der Waals surface area (Å²) in [6.07, 6.45) is -0.231. The molecule has 170 valence electrons. The first-order valence-electron chi connectivity index (χ1n) is 9.76. The molecule has 0 unspecified atom stereocenters. The van der Waals surface area contributed by atoms with Gasteiger partial charge in [-0.2, -0.15) is 0 Å². The second-order valence-corrected chi connectivity index (χ2v) is 9.81. The van der Waals surface area contributed by atoms with Crippen LogP contribution in [0.25, 0.3) is 20.3 Å².